The number of aromatic nitrogens is 1. The van der Waals surface area contributed by atoms with Gasteiger partial charge >= 0.3 is 0 Å². The molecule has 4 nitrogen and oxygen atoms in total. The number of carbonyl (C=O) groups excluding carboxylic acids is 1. The molecule has 0 aromatic carbocycles. The highest BCUT2D eigenvalue weighted by Crippen LogP contribution is 2.26. The Morgan fingerprint density at radius 1 is 1.56 bits per heavy atom. The van der Waals surface area contributed by atoms with Crippen LogP contribution in [-0.4, -0.2) is 16.9 Å². The minimum absolute atomic E-state index is 0.177. The van der Waals surface area contributed by atoms with Gasteiger partial charge in [0.2, 0.25) is 5.91 Å². The van der Waals surface area contributed by atoms with Crippen LogP contribution in [0.2, 0.25) is 10.3 Å². The number of amides is 1. The molecule has 0 bridgehead atoms. The minimum Gasteiger partial charge on any atom is -0.322 e. The Morgan fingerprint density at radius 2 is 2.22 bits per heavy atom. The maximum atomic E-state index is 11.9. The lowest BCUT2D eigenvalue weighted by Crippen LogP contribution is -2.35. The minimum atomic E-state index is -0.531. The third-order valence-corrected chi connectivity index (χ3v) is 3.06. The second-order valence-corrected chi connectivity index (χ2v) is 4.91. The van der Waals surface area contributed by atoms with Gasteiger partial charge in [0.15, 0.2) is 5.15 Å². The molecule has 0 aliphatic heterocycles. The standard InChI is InChI=1S/C12H17Cl2N3O/c1-3-4-5-8(15)12(18)17-10-7(2)6-9(13)16-11(10)14/h6,8H,3-5,15H2,1-2H3,(H,17,18)/t8-/m0/s1. The first-order valence-electron chi connectivity index (χ1n) is 5.84. The van der Waals surface area contributed by atoms with Gasteiger partial charge in [-0.15, -0.1) is 0 Å². The fourth-order valence-electron chi connectivity index (χ4n) is 1.52. The van der Waals surface area contributed by atoms with E-state index in [1.165, 1.54) is 0 Å². The second-order valence-electron chi connectivity index (χ2n) is 4.17. The molecule has 0 aliphatic carbocycles. The second kappa shape index (κ2) is 6.92. The monoisotopic (exact) mass is 289 g/mol. The first kappa shape index (κ1) is 15.2. The highest BCUT2D eigenvalue weighted by molar-refractivity contribution is 6.34. The van der Waals surface area contributed by atoms with Crippen molar-refractivity contribution in [2.45, 2.75) is 39.2 Å². The maximum Gasteiger partial charge on any atom is 0.241 e. The molecule has 0 spiro atoms. The van der Waals surface area contributed by atoms with Gasteiger partial charge in [-0.1, -0.05) is 43.0 Å². The number of halogens is 2. The first-order valence-corrected chi connectivity index (χ1v) is 6.60. The van der Waals surface area contributed by atoms with E-state index in [1.807, 2.05) is 0 Å². The number of aryl methyl sites for hydroxylation is 1. The van der Waals surface area contributed by atoms with Crippen LogP contribution in [0.3, 0.4) is 0 Å². The molecule has 1 heterocycles. The molecule has 1 aromatic heterocycles. The smallest absolute Gasteiger partial charge is 0.241 e. The summed E-state index contributed by atoms with van der Waals surface area (Å²) in [5.41, 5.74) is 7.01. The van der Waals surface area contributed by atoms with Crippen molar-refractivity contribution in [2.24, 2.45) is 5.73 Å². The fourth-order valence-corrected chi connectivity index (χ4v) is 2.10. The highest BCUT2D eigenvalue weighted by atomic mass is 35.5. The Labute approximate surface area is 117 Å². The van der Waals surface area contributed by atoms with Crippen molar-refractivity contribution < 1.29 is 4.79 Å². The average Bonchev–Trinajstić information content (AvgIpc) is 2.30. The van der Waals surface area contributed by atoms with Crippen molar-refractivity contribution >= 4 is 34.8 Å². The number of nitrogens with one attached hydrogen (secondary N) is 1. The molecular formula is C12H17Cl2N3O. The van der Waals surface area contributed by atoms with Crippen molar-refractivity contribution in [2.75, 3.05) is 5.32 Å². The Hall–Kier alpha value is -0.840. The van der Waals surface area contributed by atoms with Gasteiger partial charge in [0.05, 0.1) is 11.7 Å². The lowest BCUT2D eigenvalue weighted by Gasteiger charge is -2.14. The van der Waals surface area contributed by atoms with E-state index < -0.39 is 6.04 Å². The molecule has 0 radical (unpaired) electrons. The molecule has 1 aromatic rings. The average molecular weight is 290 g/mol. The number of unbranched alkanes of at least 4 members (excludes halogenated alkanes) is 1. The van der Waals surface area contributed by atoms with Crippen LogP contribution in [0, 0.1) is 6.92 Å². The summed E-state index contributed by atoms with van der Waals surface area (Å²) in [6.07, 6.45) is 2.57. The maximum absolute atomic E-state index is 11.9. The summed E-state index contributed by atoms with van der Waals surface area (Å²) in [4.78, 5) is 15.7. The summed E-state index contributed by atoms with van der Waals surface area (Å²) in [5.74, 6) is -0.252. The molecule has 1 rings (SSSR count). The van der Waals surface area contributed by atoms with E-state index in [-0.39, 0.29) is 11.1 Å². The number of rotatable bonds is 5. The van der Waals surface area contributed by atoms with Crippen LogP contribution in [0.15, 0.2) is 6.07 Å². The number of pyridine rings is 1. The third-order valence-electron chi connectivity index (χ3n) is 2.59. The van der Waals surface area contributed by atoms with Crippen LogP contribution in [0.1, 0.15) is 31.7 Å². The zero-order chi connectivity index (χ0) is 13.7. The van der Waals surface area contributed by atoms with E-state index in [9.17, 15) is 4.79 Å². The van der Waals surface area contributed by atoms with E-state index in [4.69, 9.17) is 28.9 Å². The van der Waals surface area contributed by atoms with Crippen LogP contribution in [-0.2, 0) is 4.79 Å². The number of anilines is 1. The van der Waals surface area contributed by atoms with E-state index in [0.717, 1.165) is 18.4 Å². The van der Waals surface area contributed by atoms with Crippen LogP contribution < -0.4 is 11.1 Å². The quantitative estimate of drug-likeness (QED) is 0.818. The lowest BCUT2D eigenvalue weighted by molar-refractivity contribution is -0.117. The zero-order valence-electron chi connectivity index (χ0n) is 10.5. The molecule has 18 heavy (non-hydrogen) atoms. The molecule has 0 saturated heterocycles. The van der Waals surface area contributed by atoms with Crippen LogP contribution in [0.5, 0.6) is 0 Å². The molecule has 0 fully saturated rings. The van der Waals surface area contributed by atoms with Crippen molar-refractivity contribution in [3.8, 4) is 0 Å². The molecule has 1 atom stereocenters. The molecule has 1 amide bonds. The number of hydrogen-bond acceptors (Lipinski definition) is 3. The fraction of sp³-hybridized carbons (Fsp3) is 0.500. The van der Waals surface area contributed by atoms with E-state index in [0.29, 0.717) is 17.3 Å². The Bertz CT molecular complexity index is 414. The molecule has 0 unspecified atom stereocenters. The number of carbonyl (C=O) groups is 1. The molecule has 6 heteroatoms. The summed E-state index contributed by atoms with van der Waals surface area (Å²) in [7, 11) is 0. The number of nitrogens with two attached hydrogens (primary N) is 1. The van der Waals surface area contributed by atoms with Crippen molar-refractivity contribution in [1.29, 1.82) is 0 Å². The summed E-state index contributed by atoms with van der Waals surface area (Å²) in [5, 5.41) is 3.17. The van der Waals surface area contributed by atoms with Gasteiger partial charge in [0.25, 0.3) is 0 Å². The molecule has 3 N–H and O–H groups in total. The van der Waals surface area contributed by atoms with E-state index >= 15 is 0 Å². The molecule has 0 aliphatic rings. The normalized spacial score (nSPS) is 12.3. The van der Waals surface area contributed by atoms with Crippen LogP contribution in [0.4, 0.5) is 5.69 Å². The Morgan fingerprint density at radius 3 is 2.78 bits per heavy atom. The number of nitrogens with zero attached hydrogens (tertiary/aromatic N) is 1. The SMILES string of the molecule is CCCC[C@H](N)C(=O)Nc1c(C)cc(Cl)nc1Cl. The van der Waals surface area contributed by atoms with Crippen LogP contribution >= 0.6 is 23.2 Å². The summed E-state index contributed by atoms with van der Waals surface area (Å²) >= 11 is 11.7. The van der Waals surface area contributed by atoms with E-state index in [2.05, 4.69) is 17.2 Å². The summed E-state index contributed by atoms with van der Waals surface area (Å²) < 4.78 is 0. The van der Waals surface area contributed by atoms with Crippen LogP contribution in [0.25, 0.3) is 0 Å². The molecular weight excluding hydrogens is 273 g/mol. The van der Waals surface area contributed by atoms with Gasteiger partial charge in [0, 0.05) is 0 Å². The predicted octanol–water partition coefficient (Wildman–Crippen LogP) is 3.15. The summed E-state index contributed by atoms with van der Waals surface area (Å²) in [6.45, 7) is 3.85. The zero-order valence-corrected chi connectivity index (χ0v) is 12.0. The van der Waals surface area contributed by atoms with Gasteiger partial charge in [0.1, 0.15) is 5.15 Å². The van der Waals surface area contributed by atoms with Gasteiger partial charge in [-0.2, -0.15) is 0 Å². The Balaban J connectivity index is 2.76. The third kappa shape index (κ3) is 4.12. The topological polar surface area (TPSA) is 68.0 Å². The number of hydrogen-bond donors (Lipinski definition) is 2. The van der Waals surface area contributed by atoms with Crippen molar-refractivity contribution in [3.63, 3.8) is 0 Å². The van der Waals surface area contributed by atoms with Gasteiger partial charge in [-0.3, -0.25) is 4.79 Å². The van der Waals surface area contributed by atoms with Crippen molar-refractivity contribution in [1.82, 2.24) is 4.98 Å². The van der Waals surface area contributed by atoms with Gasteiger partial charge < -0.3 is 11.1 Å². The van der Waals surface area contributed by atoms with Crippen molar-refractivity contribution in [3.05, 3.63) is 21.9 Å². The lowest BCUT2D eigenvalue weighted by atomic mass is 10.1. The molecule has 0 saturated carbocycles. The predicted molar refractivity (Wildman–Crippen MR) is 75.1 cm³/mol. The van der Waals surface area contributed by atoms with E-state index in [1.54, 1.807) is 13.0 Å². The van der Waals surface area contributed by atoms with Gasteiger partial charge in [-0.05, 0) is 25.0 Å². The molecule has 100 valence electrons. The first-order chi connectivity index (χ1) is 8.45. The Kier molecular flexibility index (Phi) is 5.85. The largest absolute Gasteiger partial charge is 0.322 e. The summed E-state index contributed by atoms with van der Waals surface area (Å²) in [6, 6.07) is 1.11. The van der Waals surface area contributed by atoms with Gasteiger partial charge in [-0.25, -0.2) is 4.98 Å². The highest BCUT2D eigenvalue weighted by Gasteiger charge is 2.16.